The van der Waals surface area contributed by atoms with E-state index in [9.17, 15) is 22.8 Å². The van der Waals surface area contributed by atoms with Gasteiger partial charge in [-0.2, -0.15) is 18.3 Å². The van der Waals surface area contributed by atoms with Crippen LogP contribution in [0, 0.1) is 0 Å². The fourth-order valence-corrected chi connectivity index (χ4v) is 3.87. The summed E-state index contributed by atoms with van der Waals surface area (Å²) in [6.45, 7) is 1.78. The number of nitrogens with one attached hydrogen (secondary N) is 2. The number of benzene rings is 2. The van der Waals surface area contributed by atoms with Crippen molar-refractivity contribution < 1.29 is 22.5 Å². The van der Waals surface area contributed by atoms with Gasteiger partial charge in [-0.3, -0.25) is 19.3 Å². The predicted octanol–water partition coefficient (Wildman–Crippen LogP) is 4.66. The van der Waals surface area contributed by atoms with E-state index in [1.807, 2.05) is 5.10 Å². The molecule has 0 aliphatic rings. The molecule has 1 atom stereocenters. The topological polar surface area (TPSA) is 119 Å². The highest BCUT2D eigenvalue weighted by Crippen LogP contribution is 2.35. The second-order valence-electron chi connectivity index (χ2n) is 7.99. The minimum atomic E-state index is -4.60. The number of carbonyl (C=O) groups excluding carboxylic acids is 1. The van der Waals surface area contributed by atoms with Crippen LogP contribution in [-0.4, -0.2) is 30.8 Å². The molecule has 0 unspecified atom stereocenters. The van der Waals surface area contributed by atoms with E-state index in [2.05, 4.69) is 20.6 Å². The Morgan fingerprint density at radius 2 is 2.00 bits per heavy atom. The highest BCUT2D eigenvalue weighted by atomic mass is 19.4. The summed E-state index contributed by atoms with van der Waals surface area (Å²) < 4.78 is 45.8. The zero-order valence-corrected chi connectivity index (χ0v) is 18.6. The number of H-pyrrole nitrogens is 1. The quantitative estimate of drug-likeness (QED) is 0.367. The molecule has 2 N–H and O–H groups in total. The largest absolute Gasteiger partial charge is 0.433 e. The van der Waals surface area contributed by atoms with Crippen molar-refractivity contribution in [1.29, 1.82) is 0 Å². The predicted molar refractivity (Wildman–Crippen MR) is 123 cm³/mol. The molecule has 9 nitrogen and oxygen atoms in total. The summed E-state index contributed by atoms with van der Waals surface area (Å²) in [5.41, 5.74) is 0.0221. The van der Waals surface area contributed by atoms with Crippen molar-refractivity contribution in [2.75, 3.05) is 5.32 Å². The number of alkyl halides is 3. The van der Waals surface area contributed by atoms with Crippen LogP contribution in [0.4, 0.5) is 19.0 Å². The van der Waals surface area contributed by atoms with Gasteiger partial charge < -0.3 is 9.84 Å². The van der Waals surface area contributed by atoms with Crippen LogP contribution in [0.1, 0.15) is 34.6 Å². The number of fused-ring (bicyclic) bond motifs is 1. The molecule has 0 saturated heterocycles. The lowest BCUT2D eigenvalue weighted by molar-refractivity contribution is -0.140. The lowest BCUT2D eigenvalue weighted by atomic mass is 10.0. The van der Waals surface area contributed by atoms with E-state index in [1.54, 1.807) is 31.2 Å². The zero-order chi connectivity index (χ0) is 25.4. The Kier molecular flexibility index (Phi) is 5.63. The lowest BCUT2D eigenvalue weighted by Crippen LogP contribution is -2.24. The van der Waals surface area contributed by atoms with Crippen molar-refractivity contribution in [2.24, 2.45) is 0 Å². The van der Waals surface area contributed by atoms with Crippen molar-refractivity contribution in [3.63, 3.8) is 0 Å². The van der Waals surface area contributed by atoms with Crippen molar-refractivity contribution in [3.8, 4) is 11.1 Å². The Morgan fingerprint density at radius 1 is 1.17 bits per heavy atom. The molecule has 3 heterocycles. The number of amides is 1. The van der Waals surface area contributed by atoms with Gasteiger partial charge in [0, 0.05) is 17.2 Å². The first-order valence-corrected chi connectivity index (χ1v) is 10.7. The number of halogens is 3. The summed E-state index contributed by atoms with van der Waals surface area (Å²) in [6.07, 6.45) is -0.853. The molecular formula is C24H17F3N6O3. The zero-order valence-electron chi connectivity index (χ0n) is 18.6. The third kappa shape index (κ3) is 4.24. The molecule has 0 bridgehead atoms. The Hall–Kier alpha value is -4.74. The standard InChI is InChI=1S/C24H17F3N6O3/c1-13(14-3-2-4-16(9-14)22(34)30-20-7-8-36-32-20)33-12-28-19-10-15(5-6-17(19)23(33)35)18-11-29-31-21(18)24(25,26)27/h2-13H,1H3,(H,29,31)(H,30,32,34)/t13-/m1/s1. The van der Waals surface area contributed by atoms with E-state index in [1.165, 1.54) is 41.4 Å². The molecule has 3 aromatic heterocycles. The summed E-state index contributed by atoms with van der Waals surface area (Å²) in [5.74, 6) is -0.127. The molecule has 0 saturated carbocycles. The monoisotopic (exact) mass is 494 g/mol. The van der Waals surface area contributed by atoms with Gasteiger partial charge in [-0.1, -0.05) is 23.4 Å². The molecule has 2 aromatic carbocycles. The number of carbonyl (C=O) groups is 1. The van der Waals surface area contributed by atoms with Gasteiger partial charge in [0.1, 0.15) is 12.0 Å². The molecule has 36 heavy (non-hydrogen) atoms. The maximum atomic E-state index is 13.2. The van der Waals surface area contributed by atoms with Gasteiger partial charge in [0.25, 0.3) is 11.5 Å². The van der Waals surface area contributed by atoms with Crippen molar-refractivity contribution in [1.82, 2.24) is 24.9 Å². The molecule has 0 radical (unpaired) electrons. The van der Waals surface area contributed by atoms with Crippen LogP contribution in [0.15, 0.2) is 76.6 Å². The summed E-state index contributed by atoms with van der Waals surface area (Å²) >= 11 is 0. The lowest BCUT2D eigenvalue weighted by Gasteiger charge is -2.17. The first-order valence-electron chi connectivity index (χ1n) is 10.7. The van der Waals surface area contributed by atoms with Crippen LogP contribution in [0.5, 0.6) is 0 Å². The number of anilines is 1. The first-order chi connectivity index (χ1) is 17.2. The molecular weight excluding hydrogens is 477 g/mol. The number of hydrogen-bond acceptors (Lipinski definition) is 6. The van der Waals surface area contributed by atoms with Gasteiger partial charge in [0.05, 0.1) is 29.5 Å². The van der Waals surface area contributed by atoms with Crippen LogP contribution in [0.25, 0.3) is 22.0 Å². The number of nitrogens with zero attached hydrogens (tertiary/aromatic N) is 4. The van der Waals surface area contributed by atoms with Crippen LogP contribution in [-0.2, 0) is 6.18 Å². The summed E-state index contributed by atoms with van der Waals surface area (Å²) in [4.78, 5) is 30.1. The van der Waals surface area contributed by atoms with E-state index < -0.39 is 23.8 Å². The third-order valence-electron chi connectivity index (χ3n) is 5.75. The third-order valence-corrected chi connectivity index (χ3v) is 5.75. The fourth-order valence-electron chi connectivity index (χ4n) is 3.87. The van der Waals surface area contributed by atoms with Gasteiger partial charge >= 0.3 is 6.18 Å². The van der Waals surface area contributed by atoms with E-state index in [-0.39, 0.29) is 33.4 Å². The van der Waals surface area contributed by atoms with Crippen molar-refractivity contribution >= 4 is 22.6 Å². The average molecular weight is 494 g/mol. The highest BCUT2D eigenvalue weighted by Gasteiger charge is 2.36. The smallest absolute Gasteiger partial charge is 0.363 e. The highest BCUT2D eigenvalue weighted by molar-refractivity contribution is 6.03. The Labute approximate surface area is 200 Å². The van der Waals surface area contributed by atoms with Crippen LogP contribution in [0.2, 0.25) is 0 Å². The van der Waals surface area contributed by atoms with Gasteiger partial charge in [-0.25, -0.2) is 4.98 Å². The van der Waals surface area contributed by atoms with E-state index in [4.69, 9.17) is 4.52 Å². The Bertz CT molecular complexity index is 1620. The van der Waals surface area contributed by atoms with Crippen LogP contribution in [0.3, 0.4) is 0 Å². The number of aromatic amines is 1. The molecule has 0 aliphatic carbocycles. The maximum Gasteiger partial charge on any atom is 0.433 e. The molecule has 12 heteroatoms. The molecule has 1 amide bonds. The normalized spacial score (nSPS) is 12.6. The maximum absolute atomic E-state index is 13.2. The SMILES string of the molecule is C[C@H](c1cccc(C(=O)Nc2ccon2)c1)n1cnc2cc(-c3cn[nH]c3C(F)(F)F)ccc2c1=O. The first kappa shape index (κ1) is 23.0. The van der Waals surface area contributed by atoms with Gasteiger partial charge in [-0.05, 0) is 42.3 Å². The van der Waals surface area contributed by atoms with Gasteiger partial charge in [0.2, 0.25) is 0 Å². The van der Waals surface area contributed by atoms with Crippen LogP contribution < -0.4 is 10.9 Å². The van der Waals surface area contributed by atoms with Crippen molar-refractivity contribution in [2.45, 2.75) is 19.1 Å². The molecule has 182 valence electrons. The molecule has 0 fully saturated rings. The number of aromatic nitrogens is 5. The summed E-state index contributed by atoms with van der Waals surface area (Å²) in [5, 5.41) is 12.0. The minimum Gasteiger partial charge on any atom is -0.363 e. The van der Waals surface area contributed by atoms with Gasteiger partial charge in [-0.15, -0.1) is 0 Å². The molecule has 5 aromatic rings. The number of rotatable bonds is 5. The number of hydrogen-bond donors (Lipinski definition) is 2. The average Bonchev–Trinajstić information content (AvgIpc) is 3.56. The fraction of sp³-hybridized carbons (Fsp3) is 0.125. The van der Waals surface area contributed by atoms with E-state index in [0.29, 0.717) is 11.1 Å². The molecule has 0 spiro atoms. The van der Waals surface area contributed by atoms with Crippen molar-refractivity contribution in [3.05, 3.63) is 94.5 Å². The van der Waals surface area contributed by atoms with E-state index in [0.717, 1.165) is 6.20 Å². The second-order valence-corrected chi connectivity index (χ2v) is 7.99. The minimum absolute atomic E-state index is 0.135. The Morgan fingerprint density at radius 3 is 2.75 bits per heavy atom. The van der Waals surface area contributed by atoms with Gasteiger partial charge in [0.15, 0.2) is 5.82 Å². The Balaban J connectivity index is 1.46. The van der Waals surface area contributed by atoms with Crippen LogP contribution >= 0.6 is 0 Å². The molecule has 5 rings (SSSR count). The van der Waals surface area contributed by atoms with E-state index >= 15 is 0 Å². The summed E-state index contributed by atoms with van der Waals surface area (Å²) in [7, 11) is 0. The summed E-state index contributed by atoms with van der Waals surface area (Å²) in [6, 6.07) is 12.0. The molecule has 0 aliphatic heterocycles. The second kappa shape index (κ2) is 8.80.